The van der Waals surface area contributed by atoms with Crippen LogP contribution < -0.4 is 5.69 Å². The Morgan fingerprint density at radius 3 is 2.93 bits per heavy atom. The minimum absolute atomic E-state index is 0.324. The summed E-state index contributed by atoms with van der Waals surface area (Å²) in [5, 5.41) is 7.10. The lowest BCUT2D eigenvalue weighted by Crippen LogP contribution is -2.00. The Hall–Kier alpha value is -2.30. The number of hydrogen-bond donors (Lipinski definition) is 2. The van der Waals surface area contributed by atoms with Crippen molar-refractivity contribution in [2.24, 2.45) is 0 Å². The summed E-state index contributed by atoms with van der Waals surface area (Å²) in [6.45, 7) is 0. The smallest absolute Gasteiger partial charge is 0.340 e. The fourth-order valence-electron chi connectivity index (χ4n) is 1.56. The van der Waals surface area contributed by atoms with Gasteiger partial charge in [-0.05, 0) is 6.07 Å². The lowest BCUT2D eigenvalue weighted by molar-refractivity contribution is 0.616. The molecule has 5 heteroatoms. The van der Waals surface area contributed by atoms with E-state index in [1.54, 1.807) is 6.26 Å². The van der Waals surface area contributed by atoms with E-state index in [9.17, 15) is 4.79 Å². The molecule has 0 aliphatic rings. The number of nitrogens with zero attached hydrogens (tertiary/aromatic N) is 1. The van der Waals surface area contributed by atoms with Gasteiger partial charge in [0, 0.05) is 5.39 Å². The molecule has 0 aliphatic carbocycles. The molecule has 2 aromatic heterocycles. The van der Waals surface area contributed by atoms with Gasteiger partial charge < -0.3 is 4.42 Å². The summed E-state index contributed by atoms with van der Waals surface area (Å²) >= 11 is 0. The first-order valence-corrected chi connectivity index (χ1v) is 4.46. The van der Waals surface area contributed by atoms with E-state index in [0.29, 0.717) is 5.82 Å². The number of fused-ring (bicyclic) bond motifs is 1. The van der Waals surface area contributed by atoms with Crippen LogP contribution in [0.25, 0.3) is 22.4 Å². The molecule has 3 rings (SSSR count). The fourth-order valence-corrected chi connectivity index (χ4v) is 1.56. The van der Waals surface area contributed by atoms with Gasteiger partial charge in [0.05, 0.1) is 5.56 Å². The van der Waals surface area contributed by atoms with E-state index in [4.69, 9.17) is 4.42 Å². The van der Waals surface area contributed by atoms with Gasteiger partial charge >= 0.3 is 5.69 Å². The molecule has 3 aromatic rings. The molecule has 0 atom stereocenters. The van der Waals surface area contributed by atoms with Crippen LogP contribution in [-0.2, 0) is 0 Å². The summed E-state index contributed by atoms with van der Waals surface area (Å²) in [4.78, 5) is 13.5. The van der Waals surface area contributed by atoms with Crippen molar-refractivity contribution >= 4 is 11.0 Å². The minimum Gasteiger partial charge on any atom is -0.464 e. The first-order valence-electron chi connectivity index (χ1n) is 4.46. The monoisotopic (exact) mass is 201 g/mol. The number of rotatable bonds is 1. The molecule has 0 fully saturated rings. The predicted octanol–water partition coefficient (Wildman–Crippen LogP) is 1.51. The highest BCUT2D eigenvalue weighted by Gasteiger charge is 2.09. The summed E-state index contributed by atoms with van der Waals surface area (Å²) in [6.07, 6.45) is 1.58. The summed E-state index contributed by atoms with van der Waals surface area (Å²) in [6, 6.07) is 7.58. The molecule has 0 unspecified atom stereocenters. The summed E-state index contributed by atoms with van der Waals surface area (Å²) in [7, 11) is 0. The van der Waals surface area contributed by atoms with E-state index in [1.807, 2.05) is 24.3 Å². The topological polar surface area (TPSA) is 74.7 Å². The van der Waals surface area contributed by atoms with Crippen molar-refractivity contribution in [3.8, 4) is 11.4 Å². The van der Waals surface area contributed by atoms with Gasteiger partial charge in [-0.3, -0.25) is 4.98 Å². The molecule has 0 aliphatic heterocycles. The summed E-state index contributed by atoms with van der Waals surface area (Å²) < 4.78 is 5.34. The van der Waals surface area contributed by atoms with Gasteiger partial charge in [0.25, 0.3) is 0 Å². The number of nitrogens with one attached hydrogen (secondary N) is 2. The van der Waals surface area contributed by atoms with Crippen LogP contribution in [0.4, 0.5) is 0 Å². The van der Waals surface area contributed by atoms with Crippen LogP contribution in [0.3, 0.4) is 0 Å². The van der Waals surface area contributed by atoms with Gasteiger partial charge in [0.15, 0.2) is 5.82 Å². The number of H-pyrrole nitrogens is 2. The Morgan fingerprint density at radius 2 is 2.13 bits per heavy atom. The highest BCUT2D eigenvalue weighted by Crippen LogP contribution is 2.26. The minimum atomic E-state index is -0.324. The molecule has 0 bridgehead atoms. The molecule has 0 saturated heterocycles. The van der Waals surface area contributed by atoms with Crippen LogP contribution in [0, 0.1) is 0 Å². The third-order valence-electron chi connectivity index (χ3n) is 2.24. The number of hydrogen-bond acceptors (Lipinski definition) is 3. The Labute approximate surface area is 83.7 Å². The molecule has 0 amide bonds. The average Bonchev–Trinajstić information content (AvgIpc) is 2.83. The second-order valence-electron chi connectivity index (χ2n) is 3.17. The average molecular weight is 201 g/mol. The SMILES string of the molecule is O=c1[nH]nc(-c2coc3ccccc23)[nH]1. The molecule has 15 heavy (non-hydrogen) atoms. The molecule has 0 saturated carbocycles. The predicted molar refractivity (Wildman–Crippen MR) is 54.4 cm³/mol. The van der Waals surface area contributed by atoms with Gasteiger partial charge in [-0.15, -0.1) is 0 Å². The number of aromatic nitrogens is 3. The van der Waals surface area contributed by atoms with Crippen LogP contribution in [0.15, 0.2) is 39.7 Å². The zero-order chi connectivity index (χ0) is 10.3. The number of furan rings is 1. The lowest BCUT2D eigenvalue weighted by Gasteiger charge is -1.89. The quantitative estimate of drug-likeness (QED) is 0.626. The Bertz CT molecular complexity index is 662. The van der Waals surface area contributed by atoms with E-state index in [1.165, 1.54) is 0 Å². The van der Waals surface area contributed by atoms with Crippen molar-refractivity contribution < 1.29 is 4.42 Å². The van der Waals surface area contributed by atoms with Crippen molar-refractivity contribution in [2.75, 3.05) is 0 Å². The van der Waals surface area contributed by atoms with Crippen molar-refractivity contribution in [1.29, 1.82) is 0 Å². The maximum absolute atomic E-state index is 10.9. The molecule has 5 nitrogen and oxygen atoms in total. The van der Waals surface area contributed by atoms with Crippen LogP contribution >= 0.6 is 0 Å². The Kier molecular flexibility index (Phi) is 1.53. The molecule has 74 valence electrons. The highest BCUT2D eigenvalue weighted by atomic mass is 16.3. The highest BCUT2D eigenvalue weighted by molar-refractivity contribution is 5.91. The molecule has 0 spiro atoms. The van der Waals surface area contributed by atoms with Gasteiger partial charge in [0.2, 0.25) is 0 Å². The van der Waals surface area contributed by atoms with Crippen molar-refractivity contribution in [1.82, 2.24) is 15.2 Å². The van der Waals surface area contributed by atoms with E-state index >= 15 is 0 Å². The molecule has 2 N–H and O–H groups in total. The van der Waals surface area contributed by atoms with E-state index in [-0.39, 0.29) is 5.69 Å². The van der Waals surface area contributed by atoms with Crippen LogP contribution in [0.1, 0.15) is 0 Å². The first-order chi connectivity index (χ1) is 7.34. The molecule has 0 radical (unpaired) electrons. The number of benzene rings is 1. The third kappa shape index (κ3) is 1.17. The largest absolute Gasteiger partial charge is 0.464 e. The standard InChI is InChI=1S/C10H7N3O2/c14-10-11-9(12-13-10)7-5-15-8-4-2-1-3-6(7)8/h1-5H,(H2,11,12,13,14). The summed E-state index contributed by atoms with van der Waals surface area (Å²) in [5.41, 5.74) is 1.23. The van der Waals surface area contributed by atoms with Gasteiger partial charge in [-0.2, -0.15) is 5.10 Å². The van der Waals surface area contributed by atoms with Crippen LogP contribution in [0.5, 0.6) is 0 Å². The van der Waals surface area contributed by atoms with Crippen molar-refractivity contribution in [2.45, 2.75) is 0 Å². The first kappa shape index (κ1) is 8.05. The molecular weight excluding hydrogens is 194 g/mol. The fraction of sp³-hybridized carbons (Fsp3) is 0. The van der Waals surface area contributed by atoms with Gasteiger partial charge in [-0.1, -0.05) is 18.2 Å². The second kappa shape index (κ2) is 2.84. The van der Waals surface area contributed by atoms with E-state index in [2.05, 4.69) is 15.2 Å². The number of aromatic amines is 2. The maximum atomic E-state index is 10.9. The van der Waals surface area contributed by atoms with Crippen LogP contribution in [0.2, 0.25) is 0 Å². The third-order valence-corrected chi connectivity index (χ3v) is 2.24. The maximum Gasteiger partial charge on any atom is 0.340 e. The second-order valence-corrected chi connectivity index (χ2v) is 3.17. The molecular formula is C10H7N3O2. The molecule has 1 aromatic carbocycles. The van der Waals surface area contributed by atoms with E-state index < -0.39 is 0 Å². The number of para-hydroxylation sites is 1. The van der Waals surface area contributed by atoms with Crippen LogP contribution in [-0.4, -0.2) is 15.2 Å². The van der Waals surface area contributed by atoms with E-state index in [0.717, 1.165) is 16.5 Å². The van der Waals surface area contributed by atoms with Crippen molar-refractivity contribution in [3.05, 3.63) is 41.0 Å². The summed E-state index contributed by atoms with van der Waals surface area (Å²) in [5.74, 6) is 0.491. The zero-order valence-electron chi connectivity index (χ0n) is 7.65. The lowest BCUT2D eigenvalue weighted by atomic mass is 10.2. The van der Waals surface area contributed by atoms with Gasteiger partial charge in [0.1, 0.15) is 11.8 Å². The van der Waals surface area contributed by atoms with Gasteiger partial charge in [-0.25, -0.2) is 9.89 Å². The Balaban J connectivity index is 2.32. The Morgan fingerprint density at radius 1 is 1.27 bits per heavy atom. The molecule has 2 heterocycles. The normalized spacial score (nSPS) is 10.9. The zero-order valence-corrected chi connectivity index (χ0v) is 7.65. The van der Waals surface area contributed by atoms with Crippen molar-refractivity contribution in [3.63, 3.8) is 0 Å².